The van der Waals surface area contributed by atoms with Gasteiger partial charge in [-0.1, -0.05) is 53.5 Å². The highest BCUT2D eigenvalue weighted by atomic mass is 19.4. The summed E-state index contributed by atoms with van der Waals surface area (Å²) >= 11 is 0. The average Bonchev–Trinajstić information content (AvgIpc) is 3.52. The van der Waals surface area contributed by atoms with Gasteiger partial charge in [-0.25, -0.2) is 9.50 Å². The van der Waals surface area contributed by atoms with Crippen LogP contribution in [0.5, 0.6) is 0 Å². The Morgan fingerprint density at radius 2 is 1.76 bits per heavy atom. The predicted molar refractivity (Wildman–Crippen MR) is 133 cm³/mol. The van der Waals surface area contributed by atoms with E-state index in [1.54, 1.807) is 23.0 Å². The molecule has 0 saturated carbocycles. The van der Waals surface area contributed by atoms with Crippen LogP contribution in [0, 0.1) is 11.8 Å². The second-order valence-corrected chi connectivity index (χ2v) is 8.15. The number of hydrogen-bond acceptors (Lipinski definition) is 5. The Kier molecular flexibility index (Phi) is 5.34. The van der Waals surface area contributed by atoms with Crippen molar-refractivity contribution in [2.75, 3.05) is 5.32 Å². The topological polar surface area (TPSA) is 68.2 Å². The zero-order chi connectivity index (χ0) is 25.4. The van der Waals surface area contributed by atoms with Crippen LogP contribution in [0.3, 0.4) is 0 Å². The van der Waals surface area contributed by atoms with E-state index < -0.39 is 11.7 Å². The molecule has 1 N–H and O–H groups in total. The molecule has 0 aliphatic rings. The first-order chi connectivity index (χ1) is 18.0. The van der Waals surface area contributed by atoms with Crippen molar-refractivity contribution in [3.8, 4) is 23.0 Å². The number of benzene rings is 3. The number of imidazole rings is 1. The molecule has 0 bridgehead atoms. The molecular formula is C28H16F3N5O. The van der Waals surface area contributed by atoms with E-state index in [9.17, 15) is 13.2 Å². The minimum absolute atomic E-state index is 0.238. The van der Waals surface area contributed by atoms with Crippen LogP contribution in [-0.2, 0) is 6.18 Å². The minimum atomic E-state index is -4.45. The lowest BCUT2D eigenvalue weighted by atomic mass is 9.98. The van der Waals surface area contributed by atoms with Crippen LogP contribution >= 0.6 is 0 Å². The van der Waals surface area contributed by atoms with Crippen molar-refractivity contribution in [3.63, 3.8) is 0 Å². The fourth-order valence-electron chi connectivity index (χ4n) is 4.03. The van der Waals surface area contributed by atoms with Gasteiger partial charge in [-0.2, -0.15) is 18.3 Å². The third-order valence-electron chi connectivity index (χ3n) is 5.77. The number of hydrogen-bond donors (Lipinski definition) is 1. The van der Waals surface area contributed by atoms with Gasteiger partial charge in [0, 0.05) is 17.4 Å². The van der Waals surface area contributed by atoms with E-state index in [-0.39, 0.29) is 11.5 Å². The Morgan fingerprint density at radius 1 is 0.892 bits per heavy atom. The number of nitrogens with zero attached hydrogens (tertiary/aromatic N) is 4. The smallest absolute Gasteiger partial charge is 0.353 e. The highest BCUT2D eigenvalue weighted by molar-refractivity contribution is 5.97. The van der Waals surface area contributed by atoms with Crippen LogP contribution in [0.25, 0.3) is 27.7 Å². The van der Waals surface area contributed by atoms with Crippen molar-refractivity contribution in [1.29, 1.82) is 0 Å². The molecule has 0 spiro atoms. The number of alkyl halides is 3. The summed E-state index contributed by atoms with van der Waals surface area (Å²) in [5.41, 5.74) is 3.47. The van der Waals surface area contributed by atoms with Crippen molar-refractivity contribution in [2.24, 2.45) is 0 Å². The molecule has 3 aromatic heterocycles. The van der Waals surface area contributed by atoms with Crippen LogP contribution < -0.4 is 5.32 Å². The Labute approximate surface area is 208 Å². The zero-order valence-corrected chi connectivity index (χ0v) is 19.0. The summed E-state index contributed by atoms with van der Waals surface area (Å²) in [4.78, 5) is 4.32. The number of nitrogens with one attached hydrogen (secondary N) is 1. The van der Waals surface area contributed by atoms with Gasteiger partial charge >= 0.3 is 6.18 Å². The Morgan fingerprint density at radius 3 is 2.59 bits per heavy atom. The Balaban J connectivity index is 1.47. The molecule has 0 saturated heterocycles. The molecule has 0 radical (unpaired) electrons. The first kappa shape index (κ1) is 22.4. The highest BCUT2D eigenvalue weighted by Gasteiger charge is 2.30. The standard InChI is InChI=1S/C28H16F3N5O/c29-28(30,31)19-8-4-9-20(16-19)34-27-24-14-13-22(18-6-2-1-3-7-18)23(26(24)37-35-27)12-11-21-17-32-25-10-5-15-33-36(21)25/h1-10,13-17H,(H,34,35). The van der Waals surface area contributed by atoms with Crippen molar-refractivity contribution in [3.05, 3.63) is 108 Å². The quantitative estimate of drug-likeness (QED) is 0.277. The molecule has 0 unspecified atom stereocenters. The normalized spacial score (nSPS) is 11.4. The van der Waals surface area contributed by atoms with Crippen molar-refractivity contribution < 1.29 is 17.7 Å². The lowest BCUT2D eigenvalue weighted by molar-refractivity contribution is -0.137. The zero-order valence-electron chi connectivity index (χ0n) is 19.0. The number of fused-ring (bicyclic) bond motifs is 2. The summed E-state index contributed by atoms with van der Waals surface area (Å²) in [5.74, 6) is 6.60. The van der Waals surface area contributed by atoms with E-state index in [0.29, 0.717) is 27.9 Å². The number of rotatable bonds is 3. The lowest BCUT2D eigenvalue weighted by Gasteiger charge is -2.09. The fraction of sp³-hybridized carbons (Fsp3) is 0.0357. The van der Waals surface area contributed by atoms with E-state index >= 15 is 0 Å². The van der Waals surface area contributed by atoms with Crippen LogP contribution in [0.4, 0.5) is 24.7 Å². The van der Waals surface area contributed by atoms with Gasteiger partial charge < -0.3 is 9.84 Å². The number of anilines is 2. The maximum absolute atomic E-state index is 13.2. The maximum Gasteiger partial charge on any atom is 0.416 e. The Hall–Kier alpha value is -5.10. The van der Waals surface area contributed by atoms with E-state index in [2.05, 4.69) is 32.4 Å². The molecule has 6 aromatic rings. The maximum atomic E-state index is 13.2. The van der Waals surface area contributed by atoms with Crippen LogP contribution in [0.2, 0.25) is 0 Å². The van der Waals surface area contributed by atoms with Gasteiger partial charge in [0.05, 0.1) is 22.7 Å². The largest absolute Gasteiger partial charge is 0.416 e. The van der Waals surface area contributed by atoms with Gasteiger partial charge in [0.1, 0.15) is 5.69 Å². The first-order valence-electron chi connectivity index (χ1n) is 11.2. The molecule has 6 nitrogen and oxygen atoms in total. The second-order valence-electron chi connectivity index (χ2n) is 8.15. The van der Waals surface area contributed by atoms with Gasteiger partial charge in [-0.15, -0.1) is 0 Å². The second kappa shape index (κ2) is 8.84. The molecule has 9 heteroatoms. The third kappa shape index (κ3) is 4.25. The summed E-state index contributed by atoms with van der Waals surface area (Å²) < 4.78 is 46.8. The molecule has 0 fully saturated rings. The van der Waals surface area contributed by atoms with Crippen LogP contribution in [0.1, 0.15) is 16.8 Å². The summed E-state index contributed by atoms with van der Waals surface area (Å²) in [6, 6.07) is 21.9. The van der Waals surface area contributed by atoms with Gasteiger partial charge in [0.25, 0.3) is 0 Å². The molecule has 0 atom stereocenters. The van der Waals surface area contributed by atoms with Crippen molar-refractivity contribution in [1.82, 2.24) is 19.8 Å². The molecule has 0 aliphatic carbocycles. The van der Waals surface area contributed by atoms with E-state index in [4.69, 9.17) is 4.52 Å². The van der Waals surface area contributed by atoms with Gasteiger partial charge in [-0.05, 0) is 47.9 Å². The fourth-order valence-corrected chi connectivity index (χ4v) is 4.03. The molecule has 3 aromatic carbocycles. The van der Waals surface area contributed by atoms with E-state index in [1.807, 2.05) is 48.5 Å². The molecule has 3 heterocycles. The Bertz CT molecular complexity index is 1810. The number of halogens is 3. The molecule has 0 aliphatic heterocycles. The van der Waals surface area contributed by atoms with Gasteiger partial charge in [-0.3, -0.25) is 0 Å². The predicted octanol–water partition coefficient (Wildman–Crippen LogP) is 6.70. The highest BCUT2D eigenvalue weighted by Crippen LogP contribution is 2.35. The minimum Gasteiger partial charge on any atom is -0.353 e. The monoisotopic (exact) mass is 495 g/mol. The molecular weight excluding hydrogens is 479 g/mol. The van der Waals surface area contributed by atoms with E-state index in [0.717, 1.165) is 23.3 Å². The SMILES string of the molecule is FC(F)(F)c1cccc(Nc2noc3c(C#Cc4cnc5cccnn45)c(-c4ccccc4)ccc23)c1. The van der Waals surface area contributed by atoms with Gasteiger partial charge in [0.2, 0.25) is 0 Å². The average molecular weight is 495 g/mol. The third-order valence-corrected chi connectivity index (χ3v) is 5.77. The molecule has 180 valence electrons. The summed E-state index contributed by atoms with van der Waals surface area (Å²) in [6.45, 7) is 0. The van der Waals surface area contributed by atoms with E-state index in [1.165, 1.54) is 12.1 Å². The summed E-state index contributed by atoms with van der Waals surface area (Å²) in [7, 11) is 0. The van der Waals surface area contributed by atoms with Crippen LogP contribution in [0.15, 0.2) is 95.8 Å². The van der Waals surface area contributed by atoms with Crippen molar-refractivity contribution >= 4 is 28.1 Å². The van der Waals surface area contributed by atoms with Crippen molar-refractivity contribution in [2.45, 2.75) is 6.18 Å². The number of aromatic nitrogens is 4. The lowest BCUT2D eigenvalue weighted by Crippen LogP contribution is -2.05. The first-order valence-corrected chi connectivity index (χ1v) is 11.2. The van der Waals surface area contributed by atoms with Gasteiger partial charge in [0.15, 0.2) is 17.0 Å². The molecule has 37 heavy (non-hydrogen) atoms. The molecule has 6 rings (SSSR count). The van der Waals surface area contributed by atoms with Crippen LogP contribution in [-0.4, -0.2) is 19.8 Å². The summed E-state index contributed by atoms with van der Waals surface area (Å²) in [6.07, 6.45) is -1.17. The summed E-state index contributed by atoms with van der Waals surface area (Å²) in [5, 5.41) is 11.9. The molecule has 0 amide bonds.